The SMILES string of the molecule is COc1ccc(Cl)cc1N(CC(=O)NN)S(=O)(=O)c1ccc(C)cc1. The zero-order valence-electron chi connectivity index (χ0n) is 13.7. The van der Waals surface area contributed by atoms with E-state index in [0.29, 0.717) is 5.02 Å². The largest absolute Gasteiger partial charge is 0.495 e. The summed E-state index contributed by atoms with van der Waals surface area (Å²) in [6.07, 6.45) is 0. The number of amides is 1. The number of methoxy groups -OCH3 is 1. The van der Waals surface area contributed by atoms with Gasteiger partial charge in [0.25, 0.3) is 15.9 Å². The Bertz CT molecular complexity index is 869. The van der Waals surface area contributed by atoms with Gasteiger partial charge in [0.1, 0.15) is 12.3 Å². The Balaban J connectivity index is 2.62. The second kappa shape index (κ2) is 7.73. The summed E-state index contributed by atoms with van der Waals surface area (Å²) in [6.45, 7) is 1.32. The molecule has 0 unspecified atom stereocenters. The van der Waals surface area contributed by atoms with Crippen LogP contribution in [0.5, 0.6) is 5.75 Å². The van der Waals surface area contributed by atoms with Crippen LogP contribution in [0.3, 0.4) is 0 Å². The Labute approximate surface area is 151 Å². The average molecular weight is 384 g/mol. The summed E-state index contributed by atoms with van der Waals surface area (Å²) in [5.74, 6) is 4.69. The molecule has 0 saturated carbocycles. The van der Waals surface area contributed by atoms with Crippen molar-refractivity contribution < 1.29 is 17.9 Å². The van der Waals surface area contributed by atoms with Crippen LogP contribution in [0.2, 0.25) is 5.02 Å². The van der Waals surface area contributed by atoms with Crippen LogP contribution >= 0.6 is 11.6 Å². The number of sulfonamides is 1. The summed E-state index contributed by atoms with van der Waals surface area (Å²) < 4.78 is 32.3. The van der Waals surface area contributed by atoms with E-state index < -0.39 is 22.5 Å². The van der Waals surface area contributed by atoms with Gasteiger partial charge in [-0.3, -0.25) is 14.5 Å². The fraction of sp³-hybridized carbons (Fsp3) is 0.188. The lowest BCUT2D eigenvalue weighted by molar-refractivity contribution is -0.119. The second-order valence-corrected chi connectivity index (χ2v) is 7.51. The van der Waals surface area contributed by atoms with Gasteiger partial charge in [-0.15, -0.1) is 0 Å². The molecule has 9 heteroatoms. The third-order valence-corrected chi connectivity index (χ3v) is 5.48. The van der Waals surface area contributed by atoms with Crippen molar-refractivity contribution in [2.24, 2.45) is 5.84 Å². The molecule has 0 aromatic heterocycles. The molecule has 25 heavy (non-hydrogen) atoms. The number of nitrogens with one attached hydrogen (secondary N) is 1. The minimum atomic E-state index is -4.05. The number of benzene rings is 2. The van der Waals surface area contributed by atoms with Gasteiger partial charge < -0.3 is 4.74 Å². The van der Waals surface area contributed by atoms with Crippen molar-refractivity contribution in [1.82, 2.24) is 5.43 Å². The van der Waals surface area contributed by atoms with E-state index in [1.165, 1.54) is 31.4 Å². The van der Waals surface area contributed by atoms with Crippen LogP contribution in [0.25, 0.3) is 0 Å². The lowest BCUT2D eigenvalue weighted by atomic mass is 10.2. The number of nitrogens with zero attached hydrogens (tertiary/aromatic N) is 1. The molecule has 0 aliphatic heterocycles. The normalized spacial score (nSPS) is 11.0. The van der Waals surface area contributed by atoms with E-state index in [2.05, 4.69) is 0 Å². The maximum atomic E-state index is 13.1. The predicted octanol–water partition coefficient (Wildman–Crippen LogP) is 1.84. The molecule has 0 radical (unpaired) electrons. The van der Waals surface area contributed by atoms with E-state index in [1.54, 1.807) is 18.2 Å². The van der Waals surface area contributed by atoms with Crippen molar-refractivity contribution in [1.29, 1.82) is 0 Å². The van der Waals surface area contributed by atoms with Gasteiger partial charge >= 0.3 is 0 Å². The van der Waals surface area contributed by atoms with Crippen LogP contribution in [0.15, 0.2) is 47.4 Å². The summed E-state index contributed by atoms with van der Waals surface area (Å²) in [4.78, 5) is 11.8. The van der Waals surface area contributed by atoms with Crippen LogP contribution in [0.4, 0.5) is 5.69 Å². The first-order valence-electron chi connectivity index (χ1n) is 7.22. The number of carbonyl (C=O) groups is 1. The van der Waals surface area contributed by atoms with Gasteiger partial charge in [-0.1, -0.05) is 29.3 Å². The minimum absolute atomic E-state index is 0.0324. The molecule has 2 rings (SSSR count). The van der Waals surface area contributed by atoms with Gasteiger partial charge in [0.15, 0.2) is 0 Å². The van der Waals surface area contributed by atoms with Crippen LogP contribution < -0.4 is 20.3 Å². The average Bonchev–Trinajstić information content (AvgIpc) is 2.59. The van der Waals surface area contributed by atoms with Crippen LogP contribution in [0.1, 0.15) is 5.56 Å². The van der Waals surface area contributed by atoms with E-state index in [9.17, 15) is 13.2 Å². The van der Waals surface area contributed by atoms with Crippen LogP contribution in [0, 0.1) is 6.92 Å². The van der Waals surface area contributed by atoms with E-state index in [1.807, 2.05) is 12.3 Å². The summed E-state index contributed by atoms with van der Waals surface area (Å²) in [7, 11) is -2.65. The molecule has 2 aromatic carbocycles. The molecule has 0 bridgehead atoms. The maximum absolute atomic E-state index is 13.1. The molecule has 0 fully saturated rings. The third kappa shape index (κ3) is 4.22. The third-order valence-electron chi connectivity index (χ3n) is 3.47. The first-order chi connectivity index (χ1) is 11.8. The Hall–Kier alpha value is -2.29. The van der Waals surface area contributed by atoms with Gasteiger partial charge in [0, 0.05) is 5.02 Å². The molecule has 0 heterocycles. The van der Waals surface area contributed by atoms with Gasteiger partial charge in [0.05, 0.1) is 17.7 Å². The van der Waals surface area contributed by atoms with Crippen molar-refractivity contribution in [2.45, 2.75) is 11.8 Å². The Morgan fingerprint density at radius 2 is 1.88 bits per heavy atom. The van der Waals surface area contributed by atoms with Crippen molar-refractivity contribution in [3.05, 3.63) is 53.1 Å². The number of nitrogens with two attached hydrogens (primary N) is 1. The van der Waals surface area contributed by atoms with Crippen LogP contribution in [-0.4, -0.2) is 28.0 Å². The number of hydrazine groups is 1. The molecule has 3 N–H and O–H groups in total. The highest BCUT2D eigenvalue weighted by Gasteiger charge is 2.29. The standard InChI is InChI=1S/C16H18ClN3O4S/c1-11-3-6-13(7-4-11)25(22,23)20(10-16(21)19-18)14-9-12(17)5-8-15(14)24-2/h3-9H,10,18H2,1-2H3,(H,19,21). The fourth-order valence-electron chi connectivity index (χ4n) is 2.17. The number of carbonyl (C=O) groups excluding carboxylic acids is 1. The first-order valence-corrected chi connectivity index (χ1v) is 9.04. The lowest BCUT2D eigenvalue weighted by Crippen LogP contribution is -2.43. The fourth-order valence-corrected chi connectivity index (χ4v) is 3.76. The Morgan fingerprint density at radius 1 is 1.24 bits per heavy atom. The topological polar surface area (TPSA) is 102 Å². The summed E-state index contributed by atoms with van der Waals surface area (Å²) in [5.41, 5.74) is 2.98. The van der Waals surface area contributed by atoms with Crippen molar-refractivity contribution in [3.8, 4) is 5.75 Å². The van der Waals surface area contributed by atoms with E-state index in [0.717, 1.165) is 9.87 Å². The zero-order valence-corrected chi connectivity index (χ0v) is 15.3. The number of hydrogen-bond acceptors (Lipinski definition) is 5. The van der Waals surface area contributed by atoms with Gasteiger partial charge in [0.2, 0.25) is 0 Å². The second-order valence-electron chi connectivity index (χ2n) is 5.21. The quantitative estimate of drug-likeness (QED) is 0.450. The van der Waals surface area contributed by atoms with Crippen molar-refractivity contribution in [3.63, 3.8) is 0 Å². The lowest BCUT2D eigenvalue weighted by Gasteiger charge is -2.25. The molecule has 0 saturated heterocycles. The zero-order chi connectivity index (χ0) is 18.6. The maximum Gasteiger partial charge on any atom is 0.264 e. The summed E-state index contributed by atoms with van der Waals surface area (Å²) in [6, 6.07) is 10.8. The molecular weight excluding hydrogens is 366 g/mol. The van der Waals surface area contributed by atoms with E-state index >= 15 is 0 Å². The predicted molar refractivity (Wildman–Crippen MR) is 96.0 cm³/mol. The Kier molecular flexibility index (Phi) is 5.89. The Morgan fingerprint density at radius 3 is 2.44 bits per heavy atom. The van der Waals surface area contributed by atoms with Gasteiger partial charge in [-0.2, -0.15) is 0 Å². The number of ether oxygens (including phenoxy) is 1. The molecule has 0 spiro atoms. The smallest absolute Gasteiger partial charge is 0.264 e. The number of rotatable bonds is 6. The summed E-state index contributed by atoms with van der Waals surface area (Å²) >= 11 is 6.00. The number of anilines is 1. The molecule has 1 amide bonds. The molecule has 2 aromatic rings. The van der Waals surface area contributed by atoms with Crippen LogP contribution in [-0.2, 0) is 14.8 Å². The van der Waals surface area contributed by atoms with Crippen molar-refractivity contribution in [2.75, 3.05) is 18.0 Å². The molecular formula is C16H18ClN3O4S. The summed E-state index contributed by atoms with van der Waals surface area (Å²) in [5, 5.41) is 0.299. The highest BCUT2D eigenvalue weighted by molar-refractivity contribution is 7.92. The van der Waals surface area contributed by atoms with Crippen molar-refractivity contribution >= 4 is 33.2 Å². The first kappa shape index (κ1) is 19.0. The van der Waals surface area contributed by atoms with Gasteiger partial charge in [-0.25, -0.2) is 14.3 Å². The molecule has 0 atom stereocenters. The highest BCUT2D eigenvalue weighted by Crippen LogP contribution is 2.34. The van der Waals surface area contributed by atoms with E-state index in [-0.39, 0.29) is 16.3 Å². The monoisotopic (exact) mass is 383 g/mol. The highest BCUT2D eigenvalue weighted by atomic mass is 35.5. The number of hydrogen-bond donors (Lipinski definition) is 2. The molecule has 0 aliphatic carbocycles. The number of halogens is 1. The molecule has 134 valence electrons. The molecule has 0 aliphatic rings. The number of aryl methyl sites for hydroxylation is 1. The molecule has 7 nitrogen and oxygen atoms in total. The van der Waals surface area contributed by atoms with E-state index in [4.69, 9.17) is 22.2 Å². The van der Waals surface area contributed by atoms with Gasteiger partial charge in [-0.05, 0) is 37.3 Å². The minimum Gasteiger partial charge on any atom is -0.495 e.